The van der Waals surface area contributed by atoms with Gasteiger partial charge in [0, 0.05) is 7.05 Å². The van der Waals surface area contributed by atoms with Crippen molar-refractivity contribution in [1.82, 2.24) is 19.3 Å². The number of carbonyl (C=O) groups excluding carboxylic acids is 2. The van der Waals surface area contributed by atoms with Crippen molar-refractivity contribution in [1.29, 1.82) is 0 Å². The van der Waals surface area contributed by atoms with E-state index < -0.39 is 5.97 Å². The highest BCUT2D eigenvalue weighted by molar-refractivity contribution is 6.04. The summed E-state index contributed by atoms with van der Waals surface area (Å²) in [5.41, 5.74) is 2.67. The van der Waals surface area contributed by atoms with Gasteiger partial charge in [0.15, 0.2) is 0 Å². The Morgan fingerprint density at radius 3 is 2.82 bits per heavy atom. The van der Waals surface area contributed by atoms with Crippen LogP contribution in [0.2, 0.25) is 0 Å². The number of amides is 1. The van der Waals surface area contributed by atoms with E-state index in [0.717, 1.165) is 5.69 Å². The van der Waals surface area contributed by atoms with E-state index >= 15 is 0 Å². The van der Waals surface area contributed by atoms with E-state index in [4.69, 9.17) is 9.47 Å². The Bertz CT molecular complexity index is 1130. The average molecular weight is 381 g/mol. The van der Waals surface area contributed by atoms with E-state index in [-0.39, 0.29) is 11.9 Å². The number of ether oxygens (including phenoxy) is 2. The summed E-state index contributed by atoms with van der Waals surface area (Å²) in [5.74, 6) is 0.0208. The highest BCUT2D eigenvalue weighted by Gasteiger charge is 2.28. The van der Waals surface area contributed by atoms with Gasteiger partial charge in [-0.15, -0.1) is 6.58 Å². The van der Waals surface area contributed by atoms with Crippen molar-refractivity contribution in [3.63, 3.8) is 0 Å². The first-order valence-electron chi connectivity index (χ1n) is 8.64. The second-order valence-electron chi connectivity index (χ2n) is 6.50. The summed E-state index contributed by atoms with van der Waals surface area (Å²) in [6, 6.07) is 4.70. The molecule has 3 aromatic rings. The molecule has 9 heteroatoms. The first-order chi connectivity index (χ1) is 13.4. The second kappa shape index (κ2) is 6.52. The third kappa shape index (κ3) is 2.72. The predicted molar refractivity (Wildman–Crippen MR) is 102 cm³/mol. The van der Waals surface area contributed by atoms with Crippen LogP contribution in [0.25, 0.3) is 11.0 Å². The number of nitrogens with zero attached hydrogens (tertiary/aromatic N) is 4. The number of esters is 1. The van der Waals surface area contributed by atoms with Gasteiger partial charge in [-0.3, -0.25) is 19.4 Å². The molecule has 0 aliphatic carbocycles. The van der Waals surface area contributed by atoms with Gasteiger partial charge in [-0.1, -0.05) is 6.08 Å². The molecule has 3 heterocycles. The third-order valence-electron chi connectivity index (χ3n) is 4.64. The number of methoxy groups -OCH3 is 1. The van der Waals surface area contributed by atoms with Crippen LogP contribution >= 0.6 is 0 Å². The van der Waals surface area contributed by atoms with Gasteiger partial charge in [0.25, 0.3) is 5.91 Å². The predicted octanol–water partition coefficient (Wildman–Crippen LogP) is 2.24. The van der Waals surface area contributed by atoms with Gasteiger partial charge in [0.1, 0.15) is 23.6 Å². The molecule has 4 rings (SSSR count). The summed E-state index contributed by atoms with van der Waals surface area (Å²) in [4.78, 5) is 29.2. The molecule has 1 aromatic carbocycles. The number of hydrogen-bond donors (Lipinski definition) is 1. The number of rotatable bonds is 4. The van der Waals surface area contributed by atoms with Crippen LogP contribution < -0.4 is 10.1 Å². The van der Waals surface area contributed by atoms with Crippen LogP contribution in [0.1, 0.15) is 32.6 Å². The zero-order chi connectivity index (χ0) is 20.0. The molecule has 1 aliphatic rings. The van der Waals surface area contributed by atoms with Crippen molar-refractivity contribution in [3.05, 3.63) is 47.8 Å². The molecule has 1 aliphatic heterocycles. The van der Waals surface area contributed by atoms with Crippen molar-refractivity contribution in [2.24, 2.45) is 7.05 Å². The topological polar surface area (TPSA) is 100 Å². The number of carbonyl (C=O) groups is 2. The van der Waals surface area contributed by atoms with E-state index in [9.17, 15) is 9.59 Å². The number of aromatic nitrogens is 4. The molecule has 144 valence electrons. The first-order valence-corrected chi connectivity index (χ1v) is 8.64. The number of benzene rings is 1. The van der Waals surface area contributed by atoms with Gasteiger partial charge < -0.3 is 9.47 Å². The Morgan fingerprint density at radius 1 is 1.39 bits per heavy atom. The molecule has 28 heavy (non-hydrogen) atoms. The molecule has 9 nitrogen and oxygen atoms in total. The number of hydrogen-bond acceptors (Lipinski definition) is 6. The van der Waals surface area contributed by atoms with Crippen LogP contribution in [-0.2, 0) is 11.8 Å². The maximum absolute atomic E-state index is 12.8. The average Bonchev–Trinajstić information content (AvgIpc) is 3.21. The molecule has 2 aromatic heterocycles. The molecule has 1 N–H and O–H groups in total. The standard InChI is InChI=1S/C19H19N5O4/c1-5-12-9-28-15-8-11(18(26)27-4)7-13-16(15)24(12)19(20-13)21-17(25)14-6-10(2)22-23(14)3/h5-8,12H,1,9H2,2-4H3,(H,20,21,25)/t12-/m0/s1. The molecular formula is C19H19N5O4. The van der Waals surface area contributed by atoms with Gasteiger partial charge in [-0.25, -0.2) is 9.78 Å². The highest BCUT2D eigenvalue weighted by atomic mass is 16.5. The lowest BCUT2D eigenvalue weighted by molar-refractivity contribution is 0.0600. The van der Waals surface area contributed by atoms with E-state index in [1.54, 1.807) is 31.3 Å². The molecule has 0 spiro atoms. The van der Waals surface area contributed by atoms with Crippen LogP contribution in [-0.4, -0.2) is 44.9 Å². The maximum atomic E-state index is 12.8. The van der Waals surface area contributed by atoms with Crippen molar-refractivity contribution in [2.75, 3.05) is 19.0 Å². The number of nitrogens with one attached hydrogen (secondary N) is 1. The summed E-state index contributed by atoms with van der Waals surface area (Å²) in [6.45, 7) is 5.97. The number of imidazole rings is 1. The largest absolute Gasteiger partial charge is 0.489 e. The molecule has 0 saturated carbocycles. The molecule has 1 atom stereocenters. The van der Waals surface area contributed by atoms with Gasteiger partial charge >= 0.3 is 5.97 Å². The Labute approximate surface area is 160 Å². The zero-order valence-corrected chi connectivity index (χ0v) is 15.7. The monoisotopic (exact) mass is 381 g/mol. The fourth-order valence-corrected chi connectivity index (χ4v) is 3.36. The third-order valence-corrected chi connectivity index (χ3v) is 4.64. The van der Waals surface area contributed by atoms with Crippen LogP contribution in [0, 0.1) is 6.92 Å². The fraction of sp³-hybridized carbons (Fsp3) is 0.263. The van der Waals surface area contributed by atoms with Crippen LogP contribution in [0.15, 0.2) is 30.9 Å². The van der Waals surface area contributed by atoms with E-state index in [2.05, 4.69) is 22.0 Å². The van der Waals surface area contributed by atoms with Crippen LogP contribution in [0.5, 0.6) is 5.75 Å². The number of aryl methyl sites for hydroxylation is 2. The van der Waals surface area contributed by atoms with E-state index in [1.807, 2.05) is 11.5 Å². The van der Waals surface area contributed by atoms with Gasteiger partial charge in [0.05, 0.1) is 29.9 Å². The lowest BCUT2D eigenvalue weighted by Crippen LogP contribution is -2.24. The Morgan fingerprint density at radius 2 is 2.18 bits per heavy atom. The Kier molecular flexibility index (Phi) is 4.14. The van der Waals surface area contributed by atoms with Crippen LogP contribution in [0.4, 0.5) is 5.95 Å². The SMILES string of the molecule is C=C[C@H]1COc2cc(C(=O)OC)cc3nc(NC(=O)c4cc(C)nn4C)n1c23. The van der Waals surface area contributed by atoms with E-state index in [1.165, 1.54) is 11.8 Å². The normalized spacial score (nSPS) is 15.2. The summed E-state index contributed by atoms with van der Waals surface area (Å²) >= 11 is 0. The van der Waals surface area contributed by atoms with Crippen molar-refractivity contribution < 1.29 is 19.1 Å². The maximum Gasteiger partial charge on any atom is 0.338 e. The van der Waals surface area contributed by atoms with Gasteiger partial charge in [-0.2, -0.15) is 5.10 Å². The molecule has 0 unspecified atom stereocenters. The molecule has 1 amide bonds. The summed E-state index contributed by atoms with van der Waals surface area (Å²) in [5, 5.41) is 7.04. The zero-order valence-electron chi connectivity index (χ0n) is 15.7. The Balaban J connectivity index is 1.83. The van der Waals surface area contributed by atoms with Gasteiger partial charge in [0.2, 0.25) is 5.95 Å². The lowest BCUT2D eigenvalue weighted by atomic mass is 10.1. The Hall–Kier alpha value is -3.62. The minimum absolute atomic E-state index is 0.218. The van der Waals surface area contributed by atoms with Crippen molar-refractivity contribution in [2.45, 2.75) is 13.0 Å². The molecule has 0 bridgehead atoms. The highest BCUT2D eigenvalue weighted by Crippen LogP contribution is 2.37. The molecule has 0 fully saturated rings. The van der Waals surface area contributed by atoms with Crippen molar-refractivity contribution in [3.8, 4) is 5.75 Å². The summed E-state index contributed by atoms with van der Waals surface area (Å²) in [6.07, 6.45) is 1.72. The molecule has 0 radical (unpaired) electrons. The molecule has 0 saturated heterocycles. The van der Waals surface area contributed by atoms with E-state index in [0.29, 0.717) is 40.6 Å². The lowest BCUT2D eigenvalue weighted by Gasteiger charge is -2.25. The first kappa shape index (κ1) is 17.8. The molecular weight excluding hydrogens is 362 g/mol. The second-order valence-corrected chi connectivity index (χ2v) is 6.50. The van der Waals surface area contributed by atoms with Crippen LogP contribution in [0.3, 0.4) is 0 Å². The quantitative estimate of drug-likeness (QED) is 0.549. The summed E-state index contributed by atoms with van der Waals surface area (Å²) in [7, 11) is 3.02. The number of anilines is 1. The fourth-order valence-electron chi connectivity index (χ4n) is 3.36. The minimum atomic E-state index is -0.488. The van der Waals surface area contributed by atoms with Crippen molar-refractivity contribution >= 4 is 28.9 Å². The smallest absolute Gasteiger partial charge is 0.338 e. The minimum Gasteiger partial charge on any atom is -0.489 e. The summed E-state index contributed by atoms with van der Waals surface area (Å²) < 4.78 is 14.0. The van der Waals surface area contributed by atoms with Gasteiger partial charge in [-0.05, 0) is 25.1 Å².